The molecule has 2 N–H and O–H groups in total. The topological polar surface area (TPSA) is 58.3 Å². The number of hydrogen-bond donors (Lipinski definition) is 2. The summed E-state index contributed by atoms with van der Waals surface area (Å²) in [4.78, 5) is 0. The van der Waals surface area contributed by atoms with E-state index in [0.717, 1.165) is 18.5 Å². The summed E-state index contributed by atoms with van der Waals surface area (Å²) in [5, 5.41) is 24.1. The zero-order chi connectivity index (χ0) is 12.1. The average molecular weight is 226 g/mol. The molecule has 0 saturated carbocycles. The highest BCUT2D eigenvalue weighted by Gasteiger charge is 2.24. The smallest absolute Gasteiger partial charge is 0.0857 e. The van der Waals surface area contributed by atoms with Crippen molar-refractivity contribution in [3.63, 3.8) is 0 Å². The molecule has 4 nitrogen and oxygen atoms in total. The number of aromatic nitrogens is 2. The Morgan fingerprint density at radius 3 is 2.38 bits per heavy atom. The molecule has 1 heterocycles. The Kier molecular flexibility index (Phi) is 4.96. The molecular weight excluding hydrogens is 204 g/mol. The first-order valence-electron chi connectivity index (χ1n) is 5.93. The summed E-state index contributed by atoms with van der Waals surface area (Å²) in [5.41, 5.74) is 0.819. The molecule has 0 spiro atoms. The van der Waals surface area contributed by atoms with E-state index in [4.69, 9.17) is 0 Å². The van der Waals surface area contributed by atoms with E-state index in [0.29, 0.717) is 6.42 Å². The Bertz CT molecular complexity index is 308. The Balaban J connectivity index is 2.54. The van der Waals surface area contributed by atoms with E-state index in [-0.39, 0.29) is 5.92 Å². The first kappa shape index (κ1) is 13.2. The van der Waals surface area contributed by atoms with Crippen molar-refractivity contribution in [2.45, 2.75) is 45.3 Å². The van der Waals surface area contributed by atoms with Gasteiger partial charge in [-0.15, -0.1) is 0 Å². The maximum Gasteiger partial charge on any atom is 0.0857 e. The maximum absolute atomic E-state index is 9.96. The van der Waals surface area contributed by atoms with Gasteiger partial charge in [-0.2, -0.15) is 5.10 Å². The molecule has 0 radical (unpaired) electrons. The zero-order valence-electron chi connectivity index (χ0n) is 10.3. The monoisotopic (exact) mass is 226 g/mol. The summed E-state index contributed by atoms with van der Waals surface area (Å²) in [6.07, 6.45) is 2.65. The van der Waals surface area contributed by atoms with Gasteiger partial charge < -0.3 is 10.2 Å². The molecule has 0 aliphatic rings. The predicted octanol–water partition coefficient (Wildman–Crippen LogP) is 1.12. The number of nitrogens with zero attached hydrogens (tertiary/aromatic N) is 2. The quantitative estimate of drug-likeness (QED) is 0.764. The Morgan fingerprint density at radius 2 is 1.94 bits per heavy atom. The third-order valence-corrected chi connectivity index (χ3v) is 3.11. The van der Waals surface area contributed by atoms with Crippen LogP contribution in [0.25, 0.3) is 0 Å². The lowest BCUT2D eigenvalue weighted by atomic mass is 9.91. The Morgan fingerprint density at radius 1 is 1.31 bits per heavy atom. The van der Waals surface area contributed by atoms with Gasteiger partial charge in [0.15, 0.2) is 0 Å². The van der Waals surface area contributed by atoms with Crippen molar-refractivity contribution in [3.05, 3.63) is 18.0 Å². The van der Waals surface area contributed by atoms with Gasteiger partial charge in [-0.3, -0.25) is 4.68 Å². The van der Waals surface area contributed by atoms with Gasteiger partial charge in [-0.05, 0) is 12.0 Å². The van der Waals surface area contributed by atoms with Crippen LogP contribution in [-0.2, 0) is 13.5 Å². The van der Waals surface area contributed by atoms with Crippen molar-refractivity contribution in [3.8, 4) is 0 Å². The lowest BCUT2D eigenvalue weighted by Gasteiger charge is -2.24. The van der Waals surface area contributed by atoms with Crippen LogP contribution in [0.1, 0.15) is 32.4 Å². The average Bonchev–Trinajstić information content (AvgIpc) is 2.65. The van der Waals surface area contributed by atoms with Crippen LogP contribution in [0.4, 0.5) is 0 Å². The Hall–Kier alpha value is -0.870. The Labute approximate surface area is 96.9 Å². The molecule has 4 heteroatoms. The van der Waals surface area contributed by atoms with E-state index in [1.165, 1.54) is 0 Å². The molecule has 16 heavy (non-hydrogen) atoms. The molecule has 1 rings (SSSR count). The second-order valence-electron chi connectivity index (χ2n) is 4.32. The van der Waals surface area contributed by atoms with Crippen molar-refractivity contribution in [2.24, 2.45) is 13.0 Å². The molecule has 0 aliphatic carbocycles. The third kappa shape index (κ3) is 3.32. The van der Waals surface area contributed by atoms with Crippen LogP contribution in [0.2, 0.25) is 0 Å². The molecule has 2 atom stereocenters. The largest absolute Gasteiger partial charge is 0.390 e. The van der Waals surface area contributed by atoms with Crippen LogP contribution in [-0.4, -0.2) is 32.2 Å². The van der Waals surface area contributed by atoms with Gasteiger partial charge in [0.25, 0.3) is 0 Å². The summed E-state index contributed by atoms with van der Waals surface area (Å²) in [7, 11) is 1.84. The van der Waals surface area contributed by atoms with Crippen molar-refractivity contribution in [1.29, 1.82) is 0 Å². The summed E-state index contributed by atoms with van der Waals surface area (Å²) in [5.74, 6) is 0.165. The van der Waals surface area contributed by atoms with Gasteiger partial charge in [0.2, 0.25) is 0 Å². The number of aliphatic hydroxyl groups excluding tert-OH is 2. The van der Waals surface area contributed by atoms with Gasteiger partial charge in [0.1, 0.15) is 0 Å². The van der Waals surface area contributed by atoms with Gasteiger partial charge in [0.05, 0.1) is 17.9 Å². The van der Waals surface area contributed by atoms with Crippen molar-refractivity contribution in [1.82, 2.24) is 9.78 Å². The lowest BCUT2D eigenvalue weighted by Crippen LogP contribution is -2.34. The van der Waals surface area contributed by atoms with E-state index in [2.05, 4.69) is 5.10 Å². The molecule has 0 saturated heterocycles. The second kappa shape index (κ2) is 6.01. The number of rotatable bonds is 6. The molecule has 0 aromatic carbocycles. The van der Waals surface area contributed by atoms with Crippen LogP contribution in [0.3, 0.4) is 0 Å². The minimum absolute atomic E-state index is 0.165. The highest BCUT2D eigenvalue weighted by molar-refractivity contribution is 5.01. The van der Waals surface area contributed by atoms with Crippen LogP contribution in [0.5, 0.6) is 0 Å². The third-order valence-electron chi connectivity index (χ3n) is 3.11. The summed E-state index contributed by atoms with van der Waals surface area (Å²) >= 11 is 0. The maximum atomic E-state index is 9.96. The first-order chi connectivity index (χ1) is 7.58. The second-order valence-corrected chi connectivity index (χ2v) is 4.32. The highest BCUT2D eigenvalue weighted by Crippen LogP contribution is 2.17. The fraction of sp³-hybridized carbons (Fsp3) is 0.750. The summed E-state index contributed by atoms with van der Waals surface area (Å²) in [6, 6.07) is 1.86. The molecule has 0 aliphatic heterocycles. The summed E-state index contributed by atoms with van der Waals surface area (Å²) < 4.78 is 1.70. The molecule has 0 fully saturated rings. The molecule has 1 aromatic rings. The number of aryl methyl sites for hydroxylation is 1. The van der Waals surface area contributed by atoms with Gasteiger partial charge in [-0.25, -0.2) is 0 Å². The van der Waals surface area contributed by atoms with Crippen LogP contribution in [0, 0.1) is 5.92 Å². The molecule has 2 unspecified atom stereocenters. The molecule has 92 valence electrons. The van der Waals surface area contributed by atoms with Crippen LogP contribution >= 0.6 is 0 Å². The molecule has 0 bridgehead atoms. The SMILES string of the molecule is CCC(CC)C(O)C(O)Cc1ccn(C)n1. The standard InChI is InChI=1S/C12H22N2O2/c1-4-9(5-2)12(16)11(15)8-10-6-7-14(3)13-10/h6-7,9,11-12,15-16H,4-5,8H2,1-3H3. The zero-order valence-corrected chi connectivity index (χ0v) is 10.3. The van der Waals surface area contributed by atoms with Crippen LogP contribution in [0.15, 0.2) is 12.3 Å². The fourth-order valence-corrected chi connectivity index (χ4v) is 1.99. The van der Waals surface area contributed by atoms with Crippen molar-refractivity contribution < 1.29 is 10.2 Å². The van der Waals surface area contributed by atoms with E-state index >= 15 is 0 Å². The highest BCUT2D eigenvalue weighted by atomic mass is 16.3. The normalized spacial score (nSPS) is 15.4. The van der Waals surface area contributed by atoms with Crippen LogP contribution < -0.4 is 0 Å². The number of aliphatic hydroxyl groups is 2. The van der Waals surface area contributed by atoms with Gasteiger partial charge in [-0.1, -0.05) is 26.7 Å². The number of hydrogen-bond acceptors (Lipinski definition) is 3. The molecule has 0 amide bonds. The first-order valence-corrected chi connectivity index (χ1v) is 5.93. The van der Waals surface area contributed by atoms with Crippen molar-refractivity contribution in [2.75, 3.05) is 0 Å². The fourth-order valence-electron chi connectivity index (χ4n) is 1.99. The molecule has 1 aromatic heterocycles. The van der Waals surface area contributed by atoms with Crippen molar-refractivity contribution >= 4 is 0 Å². The summed E-state index contributed by atoms with van der Waals surface area (Å²) in [6.45, 7) is 4.07. The van der Waals surface area contributed by atoms with E-state index in [1.807, 2.05) is 33.2 Å². The predicted molar refractivity (Wildman–Crippen MR) is 63.0 cm³/mol. The van der Waals surface area contributed by atoms with Gasteiger partial charge in [0, 0.05) is 19.7 Å². The lowest BCUT2D eigenvalue weighted by molar-refractivity contribution is -0.0192. The molecular formula is C12H22N2O2. The van der Waals surface area contributed by atoms with E-state index in [9.17, 15) is 10.2 Å². The minimum Gasteiger partial charge on any atom is -0.390 e. The van der Waals surface area contributed by atoms with E-state index in [1.54, 1.807) is 4.68 Å². The van der Waals surface area contributed by atoms with E-state index < -0.39 is 12.2 Å². The minimum atomic E-state index is -0.722. The van der Waals surface area contributed by atoms with Gasteiger partial charge >= 0.3 is 0 Å².